The topological polar surface area (TPSA) is 31.2 Å². The van der Waals surface area contributed by atoms with E-state index in [4.69, 9.17) is 4.74 Å². The highest BCUT2D eigenvalue weighted by atomic mass is 79.9. The Bertz CT molecular complexity index is 631. The lowest BCUT2D eigenvalue weighted by Gasteiger charge is -2.13. The van der Waals surface area contributed by atoms with Crippen LogP contribution in [0.25, 0.3) is 5.69 Å². The third-order valence-electron chi connectivity index (χ3n) is 3.22. The summed E-state index contributed by atoms with van der Waals surface area (Å²) in [5.41, 5.74) is 4.02. The monoisotopic (exact) mass is 335 g/mol. The minimum atomic E-state index is -0.292. The van der Waals surface area contributed by atoms with E-state index in [0.717, 1.165) is 16.6 Å². The SMILES string of the molecule is CCOC(=O)c1ccc(-n2c(C)ccc2CC)c(Br)c1. The van der Waals surface area contributed by atoms with Gasteiger partial charge in [0.05, 0.1) is 17.9 Å². The molecule has 0 N–H and O–H groups in total. The molecular formula is C16H18BrNO2. The molecule has 0 saturated heterocycles. The van der Waals surface area contributed by atoms with Gasteiger partial charge < -0.3 is 9.30 Å². The number of aryl methyl sites for hydroxylation is 2. The van der Waals surface area contributed by atoms with Gasteiger partial charge in [0.2, 0.25) is 0 Å². The van der Waals surface area contributed by atoms with Gasteiger partial charge in [0.25, 0.3) is 0 Å². The van der Waals surface area contributed by atoms with Crippen molar-refractivity contribution in [2.24, 2.45) is 0 Å². The van der Waals surface area contributed by atoms with E-state index in [1.165, 1.54) is 11.4 Å². The van der Waals surface area contributed by atoms with E-state index in [9.17, 15) is 4.79 Å². The fourth-order valence-electron chi connectivity index (χ4n) is 2.24. The predicted molar refractivity (Wildman–Crippen MR) is 83.5 cm³/mol. The van der Waals surface area contributed by atoms with Gasteiger partial charge in [-0.05, 0) is 66.5 Å². The van der Waals surface area contributed by atoms with E-state index in [-0.39, 0.29) is 5.97 Å². The Balaban J connectivity index is 2.44. The van der Waals surface area contributed by atoms with Crippen LogP contribution in [0.3, 0.4) is 0 Å². The normalized spacial score (nSPS) is 10.6. The van der Waals surface area contributed by atoms with Crippen LogP contribution in [0.15, 0.2) is 34.8 Å². The Hall–Kier alpha value is -1.55. The number of benzene rings is 1. The van der Waals surface area contributed by atoms with Crippen LogP contribution in [0.5, 0.6) is 0 Å². The molecular weight excluding hydrogens is 318 g/mol. The fraction of sp³-hybridized carbons (Fsp3) is 0.312. The summed E-state index contributed by atoms with van der Waals surface area (Å²) in [5.74, 6) is -0.292. The number of nitrogens with zero attached hydrogens (tertiary/aromatic N) is 1. The fourth-order valence-corrected chi connectivity index (χ4v) is 2.80. The number of carbonyl (C=O) groups is 1. The van der Waals surface area contributed by atoms with Gasteiger partial charge in [0.15, 0.2) is 0 Å². The number of hydrogen-bond donors (Lipinski definition) is 0. The number of aromatic nitrogens is 1. The molecule has 0 fully saturated rings. The van der Waals surface area contributed by atoms with E-state index < -0.39 is 0 Å². The molecule has 1 aromatic carbocycles. The smallest absolute Gasteiger partial charge is 0.338 e. The standard InChI is InChI=1S/C16H18BrNO2/c1-4-13-8-6-11(3)18(13)15-9-7-12(10-14(15)17)16(19)20-5-2/h6-10H,4-5H2,1-3H3. The first-order valence-corrected chi connectivity index (χ1v) is 7.52. The lowest BCUT2D eigenvalue weighted by atomic mass is 10.2. The second kappa shape index (κ2) is 6.27. The molecule has 3 nitrogen and oxygen atoms in total. The quantitative estimate of drug-likeness (QED) is 0.780. The number of carbonyl (C=O) groups excluding carboxylic acids is 1. The van der Waals surface area contributed by atoms with Crippen molar-refractivity contribution in [3.63, 3.8) is 0 Å². The summed E-state index contributed by atoms with van der Waals surface area (Å²) in [5, 5.41) is 0. The van der Waals surface area contributed by atoms with Gasteiger partial charge in [-0.3, -0.25) is 0 Å². The van der Waals surface area contributed by atoms with E-state index in [2.05, 4.69) is 46.5 Å². The van der Waals surface area contributed by atoms with Crippen molar-refractivity contribution in [1.82, 2.24) is 4.57 Å². The Labute approximate surface area is 127 Å². The number of halogens is 1. The van der Waals surface area contributed by atoms with E-state index in [0.29, 0.717) is 12.2 Å². The molecule has 106 valence electrons. The van der Waals surface area contributed by atoms with Crippen molar-refractivity contribution < 1.29 is 9.53 Å². The van der Waals surface area contributed by atoms with Crippen molar-refractivity contribution >= 4 is 21.9 Å². The maximum absolute atomic E-state index is 11.7. The third kappa shape index (κ3) is 2.80. The molecule has 1 aromatic heterocycles. The summed E-state index contributed by atoms with van der Waals surface area (Å²) < 4.78 is 8.10. The Morgan fingerprint density at radius 3 is 2.60 bits per heavy atom. The van der Waals surface area contributed by atoms with Crippen LogP contribution in [0.2, 0.25) is 0 Å². The molecule has 2 aromatic rings. The first-order valence-electron chi connectivity index (χ1n) is 6.72. The Kier molecular flexibility index (Phi) is 4.65. The molecule has 0 unspecified atom stereocenters. The summed E-state index contributed by atoms with van der Waals surface area (Å²) in [6.45, 7) is 6.39. The molecule has 4 heteroatoms. The predicted octanol–water partition coefficient (Wildman–Crippen LogP) is 4.29. The van der Waals surface area contributed by atoms with Gasteiger partial charge in [0.1, 0.15) is 0 Å². The molecule has 0 bridgehead atoms. The highest BCUT2D eigenvalue weighted by Crippen LogP contribution is 2.26. The maximum Gasteiger partial charge on any atom is 0.338 e. The largest absolute Gasteiger partial charge is 0.462 e. The molecule has 0 radical (unpaired) electrons. The van der Waals surface area contributed by atoms with Crippen LogP contribution in [0.4, 0.5) is 0 Å². The summed E-state index contributed by atoms with van der Waals surface area (Å²) in [4.78, 5) is 11.7. The van der Waals surface area contributed by atoms with Gasteiger partial charge in [-0.1, -0.05) is 6.92 Å². The Morgan fingerprint density at radius 1 is 1.25 bits per heavy atom. The summed E-state index contributed by atoms with van der Waals surface area (Å²) >= 11 is 3.56. The third-order valence-corrected chi connectivity index (χ3v) is 3.85. The molecule has 1 heterocycles. The lowest BCUT2D eigenvalue weighted by Crippen LogP contribution is -2.07. The van der Waals surface area contributed by atoms with E-state index in [1.54, 1.807) is 13.0 Å². The van der Waals surface area contributed by atoms with Crippen LogP contribution in [0, 0.1) is 6.92 Å². The molecule has 0 aliphatic heterocycles. The highest BCUT2D eigenvalue weighted by Gasteiger charge is 2.13. The second-order valence-corrected chi connectivity index (χ2v) is 5.40. The van der Waals surface area contributed by atoms with Crippen LogP contribution in [-0.4, -0.2) is 17.1 Å². The number of rotatable bonds is 4. The van der Waals surface area contributed by atoms with E-state index >= 15 is 0 Å². The molecule has 0 aliphatic rings. The summed E-state index contributed by atoms with van der Waals surface area (Å²) in [6, 6.07) is 9.79. The minimum absolute atomic E-state index is 0.292. The van der Waals surface area contributed by atoms with Gasteiger partial charge in [0, 0.05) is 15.9 Å². The average molecular weight is 336 g/mol. The first-order chi connectivity index (χ1) is 9.58. The zero-order chi connectivity index (χ0) is 14.7. The van der Waals surface area contributed by atoms with Crippen LogP contribution in [0.1, 0.15) is 35.6 Å². The first kappa shape index (κ1) is 14.9. The van der Waals surface area contributed by atoms with Crippen LogP contribution >= 0.6 is 15.9 Å². The maximum atomic E-state index is 11.7. The van der Waals surface area contributed by atoms with Crippen LogP contribution < -0.4 is 0 Å². The highest BCUT2D eigenvalue weighted by molar-refractivity contribution is 9.10. The second-order valence-electron chi connectivity index (χ2n) is 4.54. The van der Waals surface area contributed by atoms with Crippen LogP contribution in [-0.2, 0) is 11.2 Å². The molecule has 0 saturated carbocycles. The van der Waals surface area contributed by atoms with Gasteiger partial charge in [-0.25, -0.2) is 4.79 Å². The Morgan fingerprint density at radius 2 is 2.00 bits per heavy atom. The van der Waals surface area contributed by atoms with Crippen molar-refractivity contribution in [2.75, 3.05) is 6.61 Å². The molecule has 0 amide bonds. The van der Waals surface area contributed by atoms with Gasteiger partial charge >= 0.3 is 5.97 Å². The zero-order valence-corrected chi connectivity index (χ0v) is 13.5. The number of ether oxygens (including phenoxy) is 1. The van der Waals surface area contributed by atoms with Gasteiger partial charge in [-0.15, -0.1) is 0 Å². The number of hydrogen-bond acceptors (Lipinski definition) is 2. The van der Waals surface area contributed by atoms with Crippen molar-refractivity contribution in [1.29, 1.82) is 0 Å². The van der Waals surface area contributed by atoms with E-state index in [1.807, 2.05) is 12.1 Å². The average Bonchev–Trinajstić information content (AvgIpc) is 2.80. The zero-order valence-electron chi connectivity index (χ0n) is 11.9. The van der Waals surface area contributed by atoms with Crippen molar-refractivity contribution in [3.05, 3.63) is 51.8 Å². The summed E-state index contributed by atoms with van der Waals surface area (Å²) in [7, 11) is 0. The van der Waals surface area contributed by atoms with Crippen molar-refractivity contribution in [3.8, 4) is 5.69 Å². The molecule has 2 rings (SSSR count). The van der Waals surface area contributed by atoms with Gasteiger partial charge in [-0.2, -0.15) is 0 Å². The molecule has 0 atom stereocenters. The minimum Gasteiger partial charge on any atom is -0.462 e. The lowest BCUT2D eigenvalue weighted by molar-refractivity contribution is 0.0526. The molecule has 0 aliphatic carbocycles. The number of esters is 1. The van der Waals surface area contributed by atoms with Crippen molar-refractivity contribution in [2.45, 2.75) is 27.2 Å². The summed E-state index contributed by atoms with van der Waals surface area (Å²) in [6.07, 6.45) is 0.958. The molecule has 20 heavy (non-hydrogen) atoms. The molecule has 0 spiro atoms.